The van der Waals surface area contributed by atoms with E-state index in [1.807, 2.05) is 0 Å². The fraction of sp³-hybridized carbons (Fsp3) is 0.167. The summed E-state index contributed by atoms with van der Waals surface area (Å²) in [5, 5.41) is 17.5. The highest BCUT2D eigenvalue weighted by molar-refractivity contribution is 5.37. The van der Waals surface area contributed by atoms with Crippen LogP contribution in [0.25, 0.3) is 0 Å². The van der Waals surface area contributed by atoms with Gasteiger partial charge in [0.2, 0.25) is 5.88 Å². The molecule has 0 amide bonds. The molecular formula is C6H4F3NO4. The molecule has 0 bridgehead atoms. The maximum atomic E-state index is 11.6. The van der Waals surface area contributed by atoms with Crippen LogP contribution >= 0.6 is 0 Å². The molecule has 0 saturated heterocycles. The topological polar surface area (TPSA) is 82.6 Å². The second-order valence-electron chi connectivity index (χ2n) is 2.25. The minimum Gasteiger partial charge on any atom is -0.503 e. The van der Waals surface area contributed by atoms with E-state index in [1.54, 1.807) is 0 Å². The Labute approximate surface area is 74.4 Å². The number of aromatic hydroxyl groups is 2. The molecule has 0 aliphatic carbocycles. The standard InChI is InChI=1S/C6H4F3NO4/c7-6(8,9)14-5-3(12)1-2(11)4(13)10-5/h1,11-12H,(H,10,13). The molecule has 0 radical (unpaired) electrons. The van der Waals surface area contributed by atoms with Crippen molar-refractivity contribution in [3.05, 3.63) is 16.4 Å². The van der Waals surface area contributed by atoms with Crippen molar-refractivity contribution in [2.75, 3.05) is 0 Å². The first-order chi connectivity index (χ1) is 6.29. The third-order valence-corrected chi connectivity index (χ3v) is 1.18. The van der Waals surface area contributed by atoms with Gasteiger partial charge in [-0.1, -0.05) is 0 Å². The zero-order valence-corrected chi connectivity index (χ0v) is 6.42. The van der Waals surface area contributed by atoms with E-state index >= 15 is 0 Å². The van der Waals surface area contributed by atoms with Crippen LogP contribution in [0.4, 0.5) is 13.2 Å². The number of ether oxygens (including phenoxy) is 1. The molecule has 0 fully saturated rings. The lowest BCUT2D eigenvalue weighted by atomic mass is 10.4. The molecule has 1 aromatic heterocycles. The number of alkyl halides is 3. The number of nitrogens with one attached hydrogen (secondary N) is 1. The van der Waals surface area contributed by atoms with Crippen molar-refractivity contribution in [1.29, 1.82) is 0 Å². The van der Waals surface area contributed by atoms with Gasteiger partial charge in [-0.25, -0.2) is 0 Å². The van der Waals surface area contributed by atoms with Gasteiger partial charge >= 0.3 is 6.36 Å². The molecule has 5 nitrogen and oxygen atoms in total. The van der Waals surface area contributed by atoms with Crippen LogP contribution in [-0.2, 0) is 0 Å². The maximum absolute atomic E-state index is 11.6. The van der Waals surface area contributed by atoms with Crippen molar-refractivity contribution in [1.82, 2.24) is 4.98 Å². The van der Waals surface area contributed by atoms with Crippen LogP contribution < -0.4 is 10.3 Å². The number of hydrogen-bond acceptors (Lipinski definition) is 4. The van der Waals surface area contributed by atoms with Crippen molar-refractivity contribution in [2.24, 2.45) is 0 Å². The molecule has 1 aromatic rings. The predicted octanol–water partition coefficient (Wildman–Crippen LogP) is 0.685. The Bertz CT molecular complexity index is 397. The molecule has 0 unspecified atom stereocenters. The Morgan fingerprint density at radius 2 is 1.86 bits per heavy atom. The van der Waals surface area contributed by atoms with Crippen LogP contribution in [0.1, 0.15) is 0 Å². The summed E-state index contributed by atoms with van der Waals surface area (Å²) in [5.41, 5.74) is -1.19. The van der Waals surface area contributed by atoms with Gasteiger partial charge in [0.05, 0.1) is 0 Å². The van der Waals surface area contributed by atoms with Crippen LogP contribution in [0.15, 0.2) is 10.9 Å². The Kier molecular flexibility index (Phi) is 2.28. The summed E-state index contributed by atoms with van der Waals surface area (Å²) in [6.07, 6.45) is -5.03. The van der Waals surface area contributed by atoms with E-state index < -0.39 is 29.3 Å². The number of H-pyrrole nitrogens is 1. The average Bonchev–Trinajstić information content (AvgIpc) is 1.97. The van der Waals surface area contributed by atoms with Crippen LogP contribution in [0.5, 0.6) is 17.4 Å². The molecule has 0 atom stereocenters. The zero-order valence-electron chi connectivity index (χ0n) is 6.42. The van der Waals surface area contributed by atoms with Crippen LogP contribution in [-0.4, -0.2) is 21.6 Å². The number of aromatic nitrogens is 1. The first-order valence-corrected chi connectivity index (χ1v) is 3.20. The van der Waals surface area contributed by atoms with Crippen LogP contribution in [0.2, 0.25) is 0 Å². The van der Waals surface area contributed by atoms with Crippen LogP contribution in [0, 0.1) is 0 Å². The molecule has 78 valence electrons. The molecule has 3 N–H and O–H groups in total. The molecule has 8 heteroatoms. The smallest absolute Gasteiger partial charge is 0.503 e. The van der Waals surface area contributed by atoms with Crippen molar-refractivity contribution < 1.29 is 28.1 Å². The van der Waals surface area contributed by atoms with Gasteiger partial charge in [0.25, 0.3) is 5.56 Å². The number of aromatic amines is 1. The minimum atomic E-state index is -5.03. The second-order valence-corrected chi connectivity index (χ2v) is 2.25. The maximum Gasteiger partial charge on any atom is 0.574 e. The first kappa shape index (κ1) is 10.2. The van der Waals surface area contributed by atoms with Crippen molar-refractivity contribution in [2.45, 2.75) is 6.36 Å². The number of hydrogen-bond donors (Lipinski definition) is 3. The average molecular weight is 211 g/mol. The molecule has 14 heavy (non-hydrogen) atoms. The molecule has 0 saturated carbocycles. The number of rotatable bonds is 1. The largest absolute Gasteiger partial charge is 0.574 e. The summed E-state index contributed by atoms with van der Waals surface area (Å²) in [4.78, 5) is 12.1. The third kappa shape index (κ3) is 2.31. The van der Waals surface area contributed by atoms with Gasteiger partial charge in [0.15, 0.2) is 11.5 Å². The number of halogens is 3. The van der Waals surface area contributed by atoms with Gasteiger partial charge in [-0.2, -0.15) is 0 Å². The lowest BCUT2D eigenvalue weighted by Gasteiger charge is -2.09. The molecule has 0 aromatic carbocycles. The van der Waals surface area contributed by atoms with Gasteiger partial charge in [-0.15, -0.1) is 13.2 Å². The first-order valence-electron chi connectivity index (χ1n) is 3.20. The zero-order chi connectivity index (χ0) is 10.9. The Balaban J connectivity index is 3.11. The van der Waals surface area contributed by atoms with Crippen LogP contribution in [0.3, 0.4) is 0 Å². The van der Waals surface area contributed by atoms with Gasteiger partial charge < -0.3 is 14.9 Å². The minimum absolute atomic E-state index is 0.444. The van der Waals surface area contributed by atoms with Crippen molar-refractivity contribution >= 4 is 0 Å². The molecule has 1 rings (SSSR count). The Morgan fingerprint density at radius 1 is 1.29 bits per heavy atom. The predicted molar refractivity (Wildman–Crippen MR) is 37.1 cm³/mol. The van der Waals surface area contributed by atoms with E-state index in [1.165, 1.54) is 4.98 Å². The van der Waals surface area contributed by atoms with E-state index in [-0.39, 0.29) is 0 Å². The van der Waals surface area contributed by atoms with Crippen molar-refractivity contribution in [3.63, 3.8) is 0 Å². The van der Waals surface area contributed by atoms with Gasteiger partial charge in [-0.05, 0) is 0 Å². The highest BCUT2D eigenvalue weighted by Gasteiger charge is 2.33. The van der Waals surface area contributed by atoms with E-state index in [0.717, 1.165) is 0 Å². The molecule has 0 aliphatic rings. The molecule has 0 spiro atoms. The monoisotopic (exact) mass is 211 g/mol. The quantitative estimate of drug-likeness (QED) is 0.638. The SMILES string of the molecule is O=c1[nH]c(OC(F)(F)F)c(O)cc1O. The van der Waals surface area contributed by atoms with E-state index in [9.17, 15) is 18.0 Å². The summed E-state index contributed by atoms with van der Waals surface area (Å²) in [6, 6.07) is 0.444. The number of pyridine rings is 1. The third-order valence-electron chi connectivity index (χ3n) is 1.18. The summed E-state index contributed by atoms with van der Waals surface area (Å²) in [7, 11) is 0. The van der Waals surface area contributed by atoms with Crippen molar-refractivity contribution in [3.8, 4) is 17.4 Å². The summed E-state index contributed by atoms with van der Waals surface area (Å²) < 4.78 is 38.2. The summed E-state index contributed by atoms with van der Waals surface area (Å²) >= 11 is 0. The normalized spacial score (nSPS) is 11.4. The lowest BCUT2D eigenvalue weighted by Crippen LogP contribution is -2.20. The highest BCUT2D eigenvalue weighted by atomic mass is 19.4. The molecular weight excluding hydrogens is 207 g/mol. The van der Waals surface area contributed by atoms with Gasteiger partial charge in [-0.3, -0.25) is 9.78 Å². The Morgan fingerprint density at radius 3 is 2.36 bits per heavy atom. The van der Waals surface area contributed by atoms with E-state index in [4.69, 9.17) is 10.2 Å². The van der Waals surface area contributed by atoms with E-state index in [2.05, 4.69) is 4.74 Å². The molecule has 1 heterocycles. The Hall–Kier alpha value is -1.86. The second kappa shape index (κ2) is 3.13. The lowest BCUT2D eigenvalue weighted by molar-refractivity contribution is -0.276. The van der Waals surface area contributed by atoms with E-state index in [0.29, 0.717) is 6.07 Å². The summed E-state index contributed by atoms with van der Waals surface area (Å²) in [5.74, 6) is -3.09. The highest BCUT2D eigenvalue weighted by Crippen LogP contribution is 2.29. The fourth-order valence-corrected chi connectivity index (χ4v) is 0.685. The molecule has 0 aliphatic heterocycles. The summed E-state index contributed by atoms with van der Waals surface area (Å²) in [6.45, 7) is 0. The van der Waals surface area contributed by atoms with Gasteiger partial charge in [0, 0.05) is 6.07 Å². The van der Waals surface area contributed by atoms with Gasteiger partial charge in [0.1, 0.15) is 0 Å². The fourth-order valence-electron chi connectivity index (χ4n) is 0.685.